The van der Waals surface area contributed by atoms with E-state index in [0.717, 1.165) is 6.54 Å². The molecular formula is C18H23NO. The summed E-state index contributed by atoms with van der Waals surface area (Å²) in [5.41, 5.74) is 6.96. The van der Waals surface area contributed by atoms with E-state index in [1.165, 1.54) is 16.7 Å². The zero-order valence-corrected chi connectivity index (χ0v) is 12.5. The molecule has 2 heteroatoms. The standard InChI is InChI=1S/C18H23NO/c1-18(2,3)17-11-9-15(10-12-17)13-19-20-14-16-7-5-4-6-8-16/h4-12,19H,13-14H2,1-3H3. The summed E-state index contributed by atoms with van der Waals surface area (Å²) in [4.78, 5) is 5.47. The Kier molecular flexibility index (Phi) is 4.94. The molecule has 0 aliphatic heterocycles. The van der Waals surface area contributed by atoms with Crippen molar-refractivity contribution in [1.29, 1.82) is 0 Å². The lowest BCUT2D eigenvalue weighted by Crippen LogP contribution is -2.15. The van der Waals surface area contributed by atoms with Crippen molar-refractivity contribution < 1.29 is 4.84 Å². The van der Waals surface area contributed by atoms with Crippen LogP contribution in [0.4, 0.5) is 0 Å². The van der Waals surface area contributed by atoms with Crippen LogP contribution >= 0.6 is 0 Å². The van der Waals surface area contributed by atoms with Gasteiger partial charge in [0.05, 0.1) is 6.61 Å². The van der Waals surface area contributed by atoms with Crippen LogP contribution in [-0.2, 0) is 23.4 Å². The SMILES string of the molecule is CC(C)(C)c1ccc(CNOCc2ccccc2)cc1. The van der Waals surface area contributed by atoms with E-state index >= 15 is 0 Å². The number of benzene rings is 2. The van der Waals surface area contributed by atoms with Gasteiger partial charge in [-0.2, -0.15) is 5.48 Å². The van der Waals surface area contributed by atoms with Gasteiger partial charge in [0.1, 0.15) is 0 Å². The van der Waals surface area contributed by atoms with Gasteiger partial charge in [-0.3, -0.25) is 4.84 Å². The second kappa shape index (κ2) is 6.69. The number of hydrogen-bond acceptors (Lipinski definition) is 2. The van der Waals surface area contributed by atoms with Gasteiger partial charge in [-0.15, -0.1) is 0 Å². The molecule has 0 spiro atoms. The van der Waals surface area contributed by atoms with Gasteiger partial charge in [-0.1, -0.05) is 75.4 Å². The summed E-state index contributed by atoms with van der Waals surface area (Å²) < 4.78 is 0. The molecule has 0 heterocycles. The zero-order valence-electron chi connectivity index (χ0n) is 12.5. The molecule has 20 heavy (non-hydrogen) atoms. The lowest BCUT2D eigenvalue weighted by atomic mass is 9.87. The Morgan fingerprint density at radius 3 is 2.10 bits per heavy atom. The van der Waals surface area contributed by atoms with Crippen molar-refractivity contribution in [2.45, 2.75) is 39.3 Å². The predicted molar refractivity (Wildman–Crippen MR) is 83.2 cm³/mol. The fourth-order valence-corrected chi connectivity index (χ4v) is 1.97. The van der Waals surface area contributed by atoms with Gasteiger partial charge in [-0.25, -0.2) is 0 Å². The van der Waals surface area contributed by atoms with E-state index in [0.29, 0.717) is 6.61 Å². The first kappa shape index (κ1) is 14.8. The largest absolute Gasteiger partial charge is 0.297 e. The topological polar surface area (TPSA) is 21.3 Å². The first-order chi connectivity index (χ1) is 9.55. The van der Waals surface area contributed by atoms with E-state index in [1.807, 2.05) is 18.2 Å². The quantitative estimate of drug-likeness (QED) is 0.648. The van der Waals surface area contributed by atoms with E-state index in [9.17, 15) is 0 Å². The van der Waals surface area contributed by atoms with Gasteiger partial charge in [0.2, 0.25) is 0 Å². The summed E-state index contributed by atoms with van der Waals surface area (Å²) in [6, 6.07) is 18.8. The molecule has 0 fully saturated rings. The van der Waals surface area contributed by atoms with Gasteiger partial charge in [0, 0.05) is 6.54 Å². The molecule has 0 bridgehead atoms. The van der Waals surface area contributed by atoms with Crippen LogP contribution in [0.2, 0.25) is 0 Å². The average molecular weight is 269 g/mol. The maximum Gasteiger partial charge on any atom is 0.0933 e. The molecule has 0 unspecified atom stereocenters. The molecule has 0 aliphatic rings. The van der Waals surface area contributed by atoms with E-state index in [4.69, 9.17) is 4.84 Å². The molecule has 0 atom stereocenters. The molecule has 1 N–H and O–H groups in total. The van der Waals surface area contributed by atoms with Crippen molar-refractivity contribution in [3.8, 4) is 0 Å². The maximum atomic E-state index is 5.47. The van der Waals surface area contributed by atoms with Gasteiger partial charge >= 0.3 is 0 Å². The van der Waals surface area contributed by atoms with E-state index in [2.05, 4.69) is 62.6 Å². The second-order valence-corrected chi connectivity index (χ2v) is 6.04. The Hall–Kier alpha value is -1.64. The molecule has 0 amide bonds. The highest BCUT2D eigenvalue weighted by molar-refractivity contribution is 5.27. The summed E-state index contributed by atoms with van der Waals surface area (Å²) >= 11 is 0. The van der Waals surface area contributed by atoms with Crippen molar-refractivity contribution in [2.24, 2.45) is 0 Å². The number of nitrogens with one attached hydrogen (secondary N) is 1. The molecule has 106 valence electrons. The molecule has 2 aromatic carbocycles. The molecule has 0 saturated carbocycles. The monoisotopic (exact) mass is 269 g/mol. The molecule has 0 aliphatic carbocycles. The van der Waals surface area contributed by atoms with Crippen LogP contribution in [0.15, 0.2) is 54.6 Å². The number of hydroxylamine groups is 1. The summed E-state index contributed by atoms with van der Waals surface area (Å²) in [6.07, 6.45) is 0. The molecule has 2 aromatic rings. The fourth-order valence-electron chi connectivity index (χ4n) is 1.97. The second-order valence-electron chi connectivity index (χ2n) is 6.04. The lowest BCUT2D eigenvalue weighted by Gasteiger charge is -2.19. The highest BCUT2D eigenvalue weighted by atomic mass is 16.6. The van der Waals surface area contributed by atoms with Crippen LogP contribution < -0.4 is 5.48 Å². The number of rotatable bonds is 5. The third kappa shape index (κ3) is 4.48. The predicted octanol–water partition coefficient (Wildman–Crippen LogP) is 4.21. The van der Waals surface area contributed by atoms with Gasteiger partial charge in [0.15, 0.2) is 0 Å². The molecular weight excluding hydrogens is 246 g/mol. The van der Waals surface area contributed by atoms with Crippen LogP contribution in [0.5, 0.6) is 0 Å². The summed E-state index contributed by atoms with van der Waals surface area (Å²) in [6.45, 7) is 7.98. The Balaban J connectivity index is 1.77. The maximum absolute atomic E-state index is 5.47. The van der Waals surface area contributed by atoms with Crippen LogP contribution in [0.1, 0.15) is 37.5 Å². The third-order valence-electron chi connectivity index (χ3n) is 3.28. The highest BCUT2D eigenvalue weighted by Crippen LogP contribution is 2.22. The molecule has 2 nitrogen and oxygen atoms in total. The van der Waals surface area contributed by atoms with E-state index in [1.54, 1.807) is 0 Å². The van der Waals surface area contributed by atoms with Crippen molar-refractivity contribution in [3.05, 3.63) is 71.3 Å². The van der Waals surface area contributed by atoms with Crippen molar-refractivity contribution in [1.82, 2.24) is 5.48 Å². The van der Waals surface area contributed by atoms with Gasteiger partial charge < -0.3 is 0 Å². The Morgan fingerprint density at radius 2 is 1.50 bits per heavy atom. The Morgan fingerprint density at radius 1 is 0.850 bits per heavy atom. The Labute approximate surface area is 121 Å². The van der Waals surface area contributed by atoms with E-state index in [-0.39, 0.29) is 5.41 Å². The summed E-state index contributed by atoms with van der Waals surface area (Å²) in [5.74, 6) is 0. The van der Waals surface area contributed by atoms with Crippen molar-refractivity contribution in [3.63, 3.8) is 0 Å². The zero-order chi connectivity index (χ0) is 14.4. The molecule has 0 aromatic heterocycles. The van der Waals surface area contributed by atoms with Gasteiger partial charge in [-0.05, 0) is 22.1 Å². The normalized spacial score (nSPS) is 11.6. The Bertz CT molecular complexity index is 511. The molecule has 0 saturated heterocycles. The minimum Gasteiger partial charge on any atom is -0.297 e. The third-order valence-corrected chi connectivity index (χ3v) is 3.28. The first-order valence-corrected chi connectivity index (χ1v) is 7.04. The van der Waals surface area contributed by atoms with Crippen LogP contribution in [0, 0.1) is 0 Å². The van der Waals surface area contributed by atoms with E-state index < -0.39 is 0 Å². The van der Waals surface area contributed by atoms with Gasteiger partial charge in [0.25, 0.3) is 0 Å². The molecule has 0 radical (unpaired) electrons. The number of hydrogen-bond donors (Lipinski definition) is 1. The summed E-state index contributed by atoms with van der Waals surface area (Å²) in [7, 11) is 0. The lowest BCUT2D eigenvalue weighted by molar-refractivity contribution is 0.0235. The summed E-state index contributed by atoms with van der Waals surface area (Å²) in [5, 5.41) is 0. The first-order valence-electron chi connectivity index (χ1n) is 7.04. The highest BCUT2D eigenvalue weighted by Gasteiger charge is 2.12. The van der Waals surface area contributed by atoms with Crippen LogP contribution in [-0.4, -0.2) is 0 Å². The van der Waals surface area contributed by atoms with Crippen molar-refractivity contribution in [2.75, 3.05) is 0 Å². The average Bonchev–Trinajstić information content (AvgIpc) is 2.44. The fraction of sp³-hybridized carbons (Fsp3) is 0.333. The minimum atomic E-state index is 0.204. The van der Waals surface area contributed by atoms with Crippen LogP contribution in [0.25, 0.3) is 0 Å². The minimum absolute atomic E-state index is 0.204. The van der Waals surface area contributed by atoms with Crippen LogP contribution in [0.3, 0.4) is 0 Å². The smallest absolute Gasteiger partial charge is 0.0933 e. The van der Waals surface area contributed by atoms with Crippen molar-refractivity contribution >= 4 is 0 Å². The molecule has 2 rings (SSSR count).